The molecule has 6 heteroatoms. The molecule has 0 amide bonds. The standard InChI is InChI=1S/C15H15Cl2N3S/c1-18-11(10-7-14(16)21-15(10)17)8-12-9-5-3-4-6-13(9)20(2)19-12/h3-7,11,18H,8H2,1-2H3. The van der Waals surface area contributed by atoms with Crippen LogP contribution in [0.3, 0.4) is 0 Å². The second-order valence-electron chi connectivity index (χ2n) is 4.91. The molecule has 1 aromatic carbocycles. The summed E-state index contributed by atoms with van der Waals surface area (Å²) in [6.07, 6.45) is 0.768. The van der Waals surface area contributed by atoms with Crippen LogP contribution in [0.25, 0.3) is 10.9 Å². The van der Waals surface area contributed by atoms with Crippen molar-refractivity contribution in [2.45, 2.75) is 12.5 Å². The van der Waals surface area contributed by atoms with E-state index in [1.54, 1.807) is 0 Å². The summed E-state index contributed by atoms with van der Waals surface area (Å²) in [4.78, 5) is 0. The Bertz CT molecular complexity index is 778. The molecule has 0 aliphatic carbocycles. The number of aromatic nitrogens is 2. The van der Waals surface area contributed by atoms with Gasteiger partial charge in [-0.25, -0.2) is 0 Å². The van der Waals surface area contributed by atoms with Gasteiger partial charge in [0.05, 0.1) is 19.9 Å². The van der Waals surface area contributed by atoms with Crippen molar-refractivity contribution in [3.05, 3.63) is 50.3 Å². The van der Waals surface area contributed by atoms with Crippen LogP contribution in [-0.4, -0.2) is 16.8 Å². The van der Waals surface area contributed by atoms with E-state index in [9.17, 15) is 0 Å². The first-order valence-electron chi connectivity index (χ1n) is 6.62. The number of benzene rings is 1. The monoisotopic (exact) mass is 339 g/mol. The molecule has 110 valence electrons. The van der Waals surface area contributed by atoms with Gasteiger partial charge in [0.15, 0.2) is 0 Å². The minimum absolute atomic E-state index is 0.0968. The molecule has 0 aliphatic rings. The third-order valence-electron chi connectivity index (χ3n) is 3.64. The van der Waals surface area contributed by atoms with Gasteiger partial charge in [-0.05, 0) is 19.2 Å². The molecule has 0 saturated carbocycles. The molecule has 0 aliphatic heterocycles. The maximum atomic E-state index is 6.28. The highest BCUT2D eigenvalue weighted by Gasteiger charge is 2.19. The minimum Gasteiger partial charge on any atom is -0.313 e. The summed E-state index contributed by atoms with van der Waals surface area (Å²) in [7, 11) is 3.90. The van der Waals surface area contributed by atoms with Crippen molar-refractivity contribution in [3.8, 4) is 0 Å². The Balaban J connectivity index is 1.98. The molecule has 3 rings (SSSR count). The number of aryl methyl sites for hydroxylation is 1. The van der Waals surface area contributed by atoms with E-state index in [0.717, 1.165) is 27.5 Å². The number of rotatable bonds is 4. The van der Waals surface area contributed by atoms with Gasteiger partial charge < -0.3 is 5.32 Å². The lowest BCUT2D eigenvalue weighted by Crippen LogP contribution is -2.19. The number of fused-ring (bicyclic) bond motifs is 1. The van der Waals surface area contributed by atoms with Crippen LogP contribution >= 0.6 is 34.5 Å². The SMILES string of the molecule is CNC(Cc1nn(C)c2ccccc12)c1cc(Cl)sc1Cl. The van der Waals surface area contributed by atoms with E-state index in [1.165, 1.54) is 16.7 Å². The van der Waals surface area contributed by atoms with Crippen LogP contribution in [0.2, 0.25) is 8.67 Å². The van der Waals surface area contributed by atoms with Crippen LogP contribution in [0.4, 0.5) is 0 Å². The predicted molar refractivity (Wildman–Crippen MR) is 90.6 cm³/mol. The third kappa shape index (κ3) is 2.81. The Kier molecular flexibility index (Phi) is 4.22. The highest BCUT2D eigenvalue weighted by molar-refractivity contribution is 7.20. The Hall–Kier alpha value is -1.07. The first kappa shape index (κ1) is 14.9. The van der Waals surface area contributed by atoms with Gasteiger partial charge in [-0.15, -0.1) is 11.3 Å². The maximum Gasteiger partial charge on any atom is 0.0992 e. The van der Waals surface area contributed by atoms with Gasteiger partial charge in [-0.2, -0.15) is 5.10 Å². The number of hydrogen-bond acceptors (Lipinski definition) is 3. The lowest BCUT2D eigenvalue weighted by Gasteiger charge is -2.14. The van der Waals surface area contributed by atoms with Crippen molar-refractivity contribution in [2.75, 3.05) is 7.05 Å². The van der Waals surface area contributed by atoms with E-state index < -0.39 is 0 Å². The summed E-state index contributed by atoms with van der Waals surface area (Å²) in [5, 5.41) is 9.13. The molecule has 3 aromatic rings. The molecule has 2 aromatic heterocycles. The topological polar surface area (TPSA) is 29.9 Å². The molecule has 0 spiro atoms. The Labute approximate surface area is 137 Å². The van der Waals surface area contributed by atoms with Crippen LogP contribution in [0.15, 0.2) is 30.3 Å². The molecule has 1 N–H and O–H groups in total. The smallest absolute Gasteiger partial charge is 0.0992 e. The number of para-hydroxylation sites is 1. The van der Waals surface area contributed by atoms with Crippen molar-refractivity contribution in [1.29, 1.82) is 0 Å². The van der Waals surface area contributed by atoms with Gasteiger partial charge in [0.1, 0.15) is 0 Å². The number of hydrogen-bond donors (Lipinski definition) is 1. The highest BCUT2D eigenvalue weighted by Crippen LogP contribution is 2.36. The molecular weight excluding hydrogens is 325 g/mol. The summed E-state index contributed by atoms with van der Waals surface area (Å²) in [6, 6.07) is 10.3. The first-order chi connectivity index (χ1) is 10.1. The molecule has 1 unspecified atom stereocenters. The van der Waals surface area contributed by atoms with E-state index in [0.29, 0.717) is 4.34 Å². The highest BCUT2D eigenvalue weighted by atomic mass is 35.5. The second-order valence-corrected chi connectivity index (χ2v) is 7.20. The quantitative estimate of drug-likeness (QED) is 0.761. The number of nitrogens with one attached hydrogen (secondary N) is 1. The fourth-order valence-electron chi connectivity index (χ4n) is 2.59. The zero-order valence-electron chi connectivity index (χ0n) is 11.7. The van der Waals surface area contributed by atoms with Crippen molar-refractivity contribution in [2.24, 2.45) is 7.05 Å². The van der Waals surface area contributed by atoms with E-state index >= 15 is 0 Å². The van der Waals surface area contributed by atoms with Gasteiger partial charge in [-0.3, -0.25) is 4.68 Å². The Morgan fingerprint density at radius 2 is 2.10 bits per heavy atom. The average molecular weight is 340 g/mol. The zero-order chi connectivity index (χ0) is 15.0. The molecular formula is C15H15Cl2N3S. The molecule has 0 fully saturated rings. The molecule has 0 saturated heterocycles. The molecule has 2 heterocycles. The maximum absolute atomic E-state index is 6.28. The second kappa shape index (κ2) is 5.97. The summed E-state index contributed by atoms with van der Waals surface area (Å²) in [5.74, 6) is 0. The Morgan fingerprint density at radius 3 is 2.76 bits per heavy atom. The fraction of sp³-hybridized carbons (Fsp3) is 0.267. The Morgan fingerprint density at radius 1 is 1.33 bits per heavy atom. The first-order valence-corrected chi connectivity index (χ1v) is 8.20. The predicted octanol–water partition coefficient (Wildman–Crippen LogP) is 4.44. The van der Waals surface area contributed by atoms with E-state index in [2.05, 4.69) is 22.5 Å². The van der Waals surface area contributed by atoms with Crippen LogP contribution in [0.1, 0.15) is 17.3 Å². The van der Waals surface area contributed by atoms with Gasteiger partial charge in [0.2, 0.25) is 0 Å². The number of thiophene rings is 1. The number of likely N-dealkylation sites (N-methyl/N-ethyl adjacent to an activating group) is 1. The van der Waals surface area contributed by atoms with Crippen molar-refractivity contribution in [3.63, 3.8) is 0 Å². The summed E-state index contributed by atoms with van der Waals surface area (Å²) < 4.78 is 3.36. The summed E-state index contributed by atoms with van der Waals surface area (Å²) in [5.41, 5.74) is 3.23. The van der Waals surface area contributed by atoms with Gasteiger partial charge >= 0.3 is 0 Å². The van der Waals surface area contributed by atoms with Crippen molar-refractivity contribution >= 4 is 45.4 Å². The van der Waals surface area contributed by atoms with E-state index in [4.69, 9.17) is 23.2 Å². The molecule has 0 bridgehead atoms. The molecule has 21 heavy (non-hydrogen) atoms. The lowest BCUT2D eigenvalue weighted by atomic mass is 10.0. The van der Waals surface area contributed by atoms with E-state index in [-0.39, 0.29) is 6.04 Å². The molecule has 0 radical (unpaired) electrons. The normalized spacial score (nSPS) is 13.0. The summed E-state index contributed by atoms with van der Waals surface area (Å²) >= 11 is 13.7. The van der Waals surface area contributed by atoms with Crippen LogP contribution in [0.5, 0.6) is 0 Å². The number of halogens is 2. The van der Waals surface area contributed by atoms with Gasteiger partial charge in [-0.1, -0.05) is 41.4 Å². The molecule has 1 atom stereocenters. The fourth-order valence-corrected chi connectivity index (χ4v) is 4.17. The van der Waals surface area contributed by atoms with Crippen LogP contribution < -0.4 is 5.32 Å². The van der Waals surface area contributed by atoms with Crippen LogP contribution in [-0.2, 0) is 13.5 Å². The molecule has 3 nitrogen and oxygen atoms in total. The lowest BCUT2D eigenvalue weighted by molar-refractivity contribution is 0.581. The third-order valence-corrected chi connectivity index (χ3v) is 5.16. The van der Waals surface area contributed by atoms with E-state index in [1.807, 2.05) is 37.0 Å². The van der Waals surface area contributed by atoms with Crippen molar-refractivity contribution < 1.29 is 0 Å². The average Bonchev–Trinajstić information content (AvgIpc) is 2.97. The zero-order valence-corrected chi connectivity index (χ0v) is 14.1. The van der Waals surface area contributed by atoms with Gasteiger partial charge in [0, 0.05) is 30.5 Å². The minimum atomic E-state index is 0.0968. The van der Waals surface area contributed by atoms with Gasteiger partial charge in [0.25, 0.3) is 0 Å². The van der Waals surface area contributed by atoms with Crippen molar-refractivity contribution in [1.82, 2.24) is 15.1 Å². The largest absolute Gasteiger partial charge is 0.313 e. The van der Waals surface area contributed by atoms with Crippen LogP contribution in [0, 0.1) is 0 Å². The summed E-state index contributed by atoms with van der Waals surface area (Å²) in [6.45, 7) is 0. The number of nitrogens with zero attached hydrogens (tertiary/aromatic N) is 2.